The average Bonchev–Trinajstić information content (AvgIpc) is 2.43. The highest BCUT2D eigenvalue weighted by Crippen LogP contribution is 2.30. The van der Waals surface area contributed by atoms with Crippen molar-refractivity contribution in [2.24, 2.45) is 0 Å². The van der Waals surface area contributed by atoms with Gasteiger partial charge in [0, 0.05) is 0 Å². The van der Waals surface area contributed by atoms with E-state index in [1.54, 1.807) is 0 Å². The summed E-state index contributed by atoms with van der Waals surface area (Å²) in [5.41, 5.74) is 2.18. The van der Waals surface area contributed by atoms with Crippen molar-refractivity contribution in [2.75, 3.05) is 7.05 Å². The molecule has 0 radical (unpaired) electrons. The molecular weight excluding hydrogens is 305 g/mol. The van der Waals surface area contributed by atoms with Gasteiger partial charge in [-0.05, 0) is 56.3 Å². The minimum atomic E-state index is 0.0375. The molecule has 0 heterocycles. The van der Waals surface area contributed by atoms with Crippen LogP contribution in [-0.2, 0) is 0 Å². The Morgan fingerprint density at radius 2 is 1.67 bits per heavy atom. The predicted molar refractivity (Wildman–Crippen MR) is 89.6 cm³/mol. The number of halogens is 2. The fourth-order valence-corrected chi connectivity index (χ4v) is 2.56. The third-order valence-electron chi connectivity index (χ3n) is 3.13. The van der Waals surface area contributed by atoms with E-state index in [0.29, 0.717) is 10.0 Å². The molecule has 21 heavy (non-hydrogen) atoms. The van der Waals surface area contributed by atoms with Gasteiger partial charge in [0.1, 0.15) is 5.75 Å². The van der Waals surface area contributed by atoms with Crippen LogP contribution in [0.1, 0.15) is 31.0 Å². The van der Waals surface area contributed by atoms with Gasteiger partial charge in [-0.2, -0.15) is 0 Å². The molecule has 0 bridgehead atoms. The lowest BCUT2D eigenvalue weighted by Crippen LogP contribution is -2.18. The van der Waals surface area contributed by atoms with Crippen LogP contribution in [0.3, 0.4) is 0 Å². The van der Waals surface area contributed by atoms with Gasteiger partial charge in [0.25, 0.3) is 0 Å². The first kappa shape index (κ1) is 16.2. The molecule has 0 aliphatic carbocycles. The number of nitrogens with one attached hydrogen (secondary N) is 1. The molecule has 0 fully saturated rings. The van der Waals surface area contributed by atoms with E-state index in [0.717, 1.165) is 16.9 Å². The monoisotopic (exact) mass is 323 g/mol. The molecule has 1 atom stereocenters. The Morgan fingerprint density at radius 1 is 0.952 bits per heavy atom. The van der Waals surface area contributed by atoms with Crippen molar-refractivity contribution in [2.45, 2.75) is 26.0 Å². The highest BCUT2D eigenvalue weighted by molar-refractivity contribution is 6.42. The lowest BCUT2D eigenvalue weighted by molar-refractivity contribution is 0.242. The summed E-state index contributed by atoms with van der Waals surface area (Å²) in [7, 11) is 1.92. The molecule has 4 heteroatoms. The highest BCUT2D eigenvalue weighted by Gasteiger charge is 2.14. The zero-order valence-corrected chi connectivity index (χ0v) is 13.9. The van der Waals surface area contributed by atoms with Crippen LogP contribution in [-0.4, -0.2) is 13.2 Å². The van der Waals surface area contributed by atoms with Gasteiger partial charge in [0.15, 0.2) is 0 Å². The van der Waals surface area contributed by atoms with Gasteiger partial charge >= 0.3 is 0 Å². The first-order valence-electron chi connectivity index (χ1n) is 6.90. The summed E-state index contributed by atoms with van der Waals surface area (Å²) in [5, 5.41) is 4.43. The third-order valence-corrected chi connectivity index (χ3v) is 3.87. The number of ether oxygens (including phenoxy) is 1. The van der Waals surface area contributed by atoms with Crippen LogP contribution in [0.4, 0.5) is 0 Å². The van der Waals surface area contributed by atoms with Crippen molar-refractivity contribution in [3.8, 4) is 5.75 Å². The quantitative estimate of drug-likeness (QED) is 0.827. The van der Waals surface area contributed by atoms with E-state index in [1.807, 2.05) is 57.3 Å². The van der Waals surface area contributed by atoms with Crippen LogP contribution in [0.5, 0.6) is 5.75 Å². The topological polar surface area (TPSA) is 21.3 Å². The zero-order chi connectivity index (χ0) is 15.4. The molecular formula is C17H19Cl2NO. The Morgan fingerprint density at radius 3 is 2.29 bits per heavy atom. The van der Waals surface area contributed by atoms with Crippen LogP contribution in [0, 0.1) is 0 Å². The Labute approximate surface area is 136 Å². The van der Waals surface area contributed by atoms with Crippen molar-refractivity contribution in [1.29, 1.82) is 0 Å². The van der Waals surface area contributed by atoms with Crippen LogP contribution >= 0.6 is 23.2 Å². The molecule has 112 valence electrons. The fraction of sp³-hybridized carbons (Fsp3) is 0.294. The molecule has 0 aliphatic rings. The number of benzene rings is 2. The second kappa shape index (κ2) is 7.17. The summed E-state index contributed by atoms with van der Waals surface area (Å²) in [5.74, 6) is 0.864. The van der Waals surface area contributed by atoms with E-state index >= 15 is 0 Å². The first-order valence-corrected chi connectivity index (χ1v) is 7.65. The minimum absolute atomic E-state index is 0.0375. The molecule has 0 spiro atoms. The van der Waals surface area contributed by atoms with E-state index in [2.05, 4.69) is 11.4 Å². The SMILES string of the molecule is CNC(c1cccc(OC(C)C)c1)c1ccc(Cl)c(Cl)c1. The Balaban J connectivity index is 2.34. The van der Waals surface area contributed by atoms with E-state index in [1.165, 1.54) is 0 Å². The van der Waals surface area contributed by atoms with Crippen molar-refractivity contribution in [3.05, 3.63) is 63.6 Å². The maximum absolute atomic E-state index is 6.12. The Hall–Kier alpha value is -1.22. The van der Waals surface area contributed by atoms with Gasteiger partial charge in [0.2, 0.25) is 0 Å². The predicted octanol–water partition coefficient (Wildman–Crippen LogP) is 5.09. The van der Waals surface area contributed by atoms with Crippen LogP contribution < -0.4 is 10.1 Å². The largest absolute Gasteiger partial charge is 0.491 e. The molecule has 1 unspecified atom stereocenters. The summed E-state index contributed by atoms with van der Waals surface area (Å²) >= 11 is 12.1. The van der Waals surface area contributed by atoms with Gasteiger partial charge in [-0.3, -0.25) is 0 Å². The van der Waals surface area contributed by atoms with Crippen molar-refractivity contribution < 1.29 is 4.74 Å². The standard InChI is InChI=1S/C17H19Cl2NO/c1-11(2)21-14-6-4-5-12(9-14)17(20-3)13-7-8-15(18)16(19)10-13/h4-11,17,20H,1-3H3. The van der Waals surface area contributed by atoms with Crippen LogP contribution in [0.25, 0.3) is 0 Å². The fourth-order valence-electron chi connectivity index (χ4n) is 2.26. The summed E-state index contributed by atoms with van der Waals surface area (Å²) in [6, 6.07) is 13.8. The number of rotatable bonds is 5. The summed E-state index contributed by atoms with van der Waals surface area (Å²) in [4.78, 5) is 0. The normalized spacial score (nSPS) is 12.5. The Bertz CT molecular complexity index is 613. The molecule has 2 rings (SSSR count). The Kier molecular flexibility index (Phi) is 5.51. The maximum Gasteiger partial charge on any atom is 0.120 e. The molecule has 2 nitrogen and oxygen atoms in total. The lowest BCUT2D eigenvalue weighted by Gasteiger charge is -2.19. The van der Waals surface area contributed by atoms with Crippen LogP contribution in [0.15, 0.2) is 42.5 Å². The molecule has 0 aromatic heterocycles. The highest BCUT2D eigenvalue weighted by atomic mass is 35.5. The van der Waals surface area contributed by atoms with Gasteiger partial charge in [-0.25, -0.2) is 0 Å². The van der Waals surface area contributed by atoms with Gasteiger partial charge in [-0.15, -0.1) is 0 Å². The van der Waals surface area contributed by atoms with E-state index in [-0.39, 0.29) is 12.1 Å². The molecule has 2 aromatic carbocycles. The minimum Gasteiger partial charge on any atom is -0.491 e. The number of hydrogen-bond acceptors (Lipinski definition) is 2. The van der Waals surface area contributed by atoms with Gasteiger partial charge < -0.3 is 10.1 Å². The van der Waals surface area contributed by atoms with Crippen molar-refractivity contribution >= 4 is 23.2 Å². The summed E-state index contributed by atoms with van der Waals surface area (Å²) in [6.45, 7) is 4.03. The third kappa shape index (κ3) is 4.13. The molecule has 0 saturated heterocycles. The molecule has 1 N–H and O–H groups in total. The first-order chi connectivity index (χ1) is 10.0. The second-order valence-electron chi connectivity index (χ2n) is 5.13. The van der Waals surface area contributed by atoms with Gasteiger partial charge in [0.05, 0.1) is 22.2 Å². The summed E-state index contributed by atoms with van der Waals surface area (Å²) in [6.07, 6.45) is 0.151. The van der Waals surface area contributed by atoms with E-state index in [4.69, 9.17) is 27.9 Å². The van der Waals surface area contributed by atoms with Crippen LogP contribution in [0.2, 0.25) is 10.0 Å². The summed E-state index contributed by atoms with van der Waals surface area (Å²) < 4.78 is 5.75. The maximum atomic E-state index is 6.12. The number of hydrogen-bond donors (Lipinski definition) is 1. The molecule has 0 saturated carbocycles. The molecule has 0 aliphatic heterocycles. The van der Waals surface area contributed by atoms with E-state index in [9.17, 15) is 0 Å². The van der Waals surface area contributed by atoms with Crippen molar-refractivity contribution in [3.63, 3.8) is 0 Å². The van der Waals surface area contributed by atoms with Gasteiger partial charge in [-0.1, -0.05) is 41.4 Å². The smallest absolute Gasteiger partial charge is 0.120 e. The van der Waals surface area contributed by atoms with Crippen molar-refractivity contribution in [1.82, 2.24) is 5.32 Å². The second-order valence-corrected chi connectivity index (χ2v) is 5.95. The van der Waals surface area contributed by atoms with E-state index < -0.39 is 0 Å². The zero-order valence-electron chi connectivity index (χ0n) is 12.4. The molecule has 0 amide bonds. The average molecular weight is 324 g/mol. The molecule has 2 aromatic rings. The lowest BCUT2D eigenvalue weighted by atomic mass is 9.99.